The first-order chi connectivity index (χ1) is 12.0. The van der Waals surface area contributed by atoms with Crippen LogP contribution in [0.3, 0.4) is 0 Å². The molecule has 1 N–H and O–H groups in total. The Kier molecular flexibility index (Phi) is 5.15. The van der Waals surface area contributed by atoms with Gasteiger partial charge in [-0.1, -0.05) is 61.0 Å². The number of halogens is 1. The summed E-state index contributed by atoms with van der Waals surface area (Å²) < 4.78 is 0. The van der Waals surface area contributed by atoms with E-state index in [0.29, 0.717) is 5.02 Å². The molecule has 1 heterocycles. The Balaban J connectivity index is 1.83. The molecule has 1 atom stereocenters. The summed E-state index contributed by atoms with van der Waals surface area (Å²) in [7, 11) is 0. The maximum Gasteiger partial charge on any atom is 0.303 e. The van der Waals surface area contributed by atoms with E-state index in [-0.39, 0.29) is 12.3 Å². The Labute approximate surface area is 151 Å². The van der Waals surface area contributed by atoms with E-state index in [1.165, 1.54) is 0 Å². The summed E-state index contributed by atoms with van der Waals surface area (Å²) in [4.78, 5) is 15.5. The number of aliphatic carboxylic acids is 1. The number of benzene rings is 2. The van der Waals surface area contributed by atoms with Crippen LogP contribution in [-0.4, -0.2) is 16.1 Å². The summed E-state index contributed by atoms with van der Waals surface area (Å²) in [6.45, 7) is 1.92. The van der Waals surface area contributed by atoms with E-state index < -0.39 is 5.97 Å². The van der Waals surface area contributed by atoms with Gasteiger partial charge in [0.2, 0.25) is 0 Å². The van der Waals surface area contributed by atoms with Crippen molar-refractivity contribution in [2.24, 2.45) is 0 Å². The van der Waals surface area contributed by atoms with Crippen LogP contribution in [0.2, 0.25) is 5.02 Å². The number of nitrogens with zero attached hydrogens (tertiary/aromatic N) is 1. The van der Waals surface area contributed by atoms with Crippen LogP contribution in [0.25, 0.3) is 23.1 Å². The number of carboxylic acids is 1. The van der Waals surface area contributed by atoms with E-state index in [1.54, 1.807) is 0 Å². The van der Waals surface area contributed by atoms with Gasteiger partial charge in [0.15, 0.2) is 0 Å². The Hall–Kier alpha value is -2.65. The van der Waals surface area contributed by atoms with E-state index in [2.05, 4.69) is 4.98 Å². The molecule has 0 amide bonds. The Bertz CT molecular complexity index is 950. The average molecular weight is 352 g/mol. The zero-order valence-electron chi connectivity index (χ0n) is 13.8. The Morgan fingerprint density at radius 2 is 1.96 bits per heavy atom. The first-order valence-electron chi connectivity index (χ1n) is 8.07. The summed E-state index contributed by atoms with van der Waals surface area (Å²) in [6.07, 6.45) is 4.05. The number of fused-ring (bicyclic) bond motifs is 1. The summed E-state index contributed by atoms with van der Waals surface area (Å²) >= 11 is 6.03. The second-order valence-corrected chi connectivity index (χ2v) is 6.51. The van der Waals surface area contributed by atoms with Gasteiger partial charge in [0.1, 0.15) is 0 Å². The van der Waals surface area contributed by atoms with Crippen molar-refractivity contribution in [1.82, 2.24) is 4.98 Å². The quantitative estimate of drug-likeness (QED) is 0.647. The minimum atomic E-state index is -0.785. The van der Waals surface area contributed by atoms with Crippen LogP contribution in [0, 0.1) is 0 Å². The lowest BCUT2D eigenvalue weighted by Gasteiger charge is -2.09. The molecular formula is C21H18ClNO2. The van der Waals surface area contributed by atoms with Crippen LogP contribution < -0.4 is 0 Å². The molecule has 0 bridgehead atoms. The molecule has 3 rings (SSSR count). The van der Waals surface area contributed by atoms with Crippen LogP contribution in [0.1, 0.15) is 36.1 Å². The molecule has 4 heteroatoms. The Morgan fingerprint density at radius 1 is 1.16 bits per heavy atom. The highest BCUT2D eigenvalue weighted by molar-refractivity contribution is 6.31. The number of rotatable bonds is 5. The molecule has 0 aliphatic heterocycles. The molecule has 1 unspecified atom stereocenters. The molecular weight excluding hydrogens is 334 g/mol. The molecule has 1 aromatic heterocycles. The molecule has 126 valence electrons. The molecule has 25 heavy (non-hydrogen) atoms. The van der Waals surface area contributed by atoms with Crippen molar-refractivity contribution in [1.29, 1.82) is 0 Å². The minimum Gasteiger partial charge on any atom is -0.481 e. The van der Waals surface area contributed by atoms with Gasteiger partial charge in [-0.3, -0.25) is 4.79 Å². The van der Waals surface area contributed by atoms with Crippen LogP contribution in [-0.2, 0) is 4.79 Å². The van der Waals surface area contributed by atoms with E-state index in [0.717, 1.165) is 27.7 Å². The topological polar surface area (TPSA) is 50.2 Å². The summed E-state index contributed by atoms with van der Waals surface area (Å²) in [5.74, 6) is -0.806. The Morgan fingerprint density at radius 3 is 2.76 bits per heavy atom. The van der Waals surface area contributed by atoms with Gasteiger partial charge < -0.3 is 5.11 Å². The van der Waals surface area contributed by atoms with E-state index >= 15 is 0 Å². The van der Waals surface area contributed by atoms with Crippen molar-refractivity contribution in [3.05, 3.63) is 76.4 Å². The molecule has 0 saturated heterocycles. The third kappa shape index (κ3) is 4.46. The predicted octanol–water partition coefficient (Wildman–Crippen LogP) is 5.64. The number of carbonyl (C=O) groups is 1. The summed E-state index contributed by atoms with van der Waals surface area (Å²) in [6, 6.07) is 17.5. The van der Waals surface area contributed by atoms with E-state index in [4.69, 9.17) is 16.7 Å². The fourth-order valence-electron chi connectivity index (χ4n) is 2.73. The minimum absolute atomic E-state index is 0.0215. The molecule has 2 aromatic carbocycles. The van der Waals surface area contributed by atoms with E-state index in [9.17, 15) is 4.79 Å². The van der Waals surface area contributed by atoms with Crippen molar-refractivity contribution in [2.75, 3.05) is 0 Å². The predicted molar refractivity (Wildman–Crippen MR) is 103 cm³/mol. The van der Waals surface area contributed by atoms with Gasteiger partial charge in [-0.05, 0) is 41.3 Å². The largest absolute Gasteiger partial charge is 0.481 e. The average Bonchev–Trinajstić information content (AvgIpc) is 2.59. The highest BCUT2D eigenvalue weighted by Gasteiger charge is 2.09. The van der Waals surface area contributed by atoms with Crippen LogP contribution >= 0.6 is 11.6 Å². The summed E-state index contributed by atoms with van der Waals surface area (Å²) in [5, 5.41) is 10.7. The van der Waals surface area contributed by atoms with Gasteiger partial charge in [0.25, 0.3) is 0 Å². The lowest BCUT2D eigenvalue weighted by Crippen LogP contribution is -2.02. The SMILES string of the molecule is CC(CC(=O)O)c1cccc(C=Cc2ccc3ccc(Cl)cc3n2)c1. The number of hydrogen-bond donors (Lipinski definition) is 1. The van der Waals surface area contributed by atoms with Gasteiger partial charge >= 0.3 is 5.97 Å². The third-order valence-electron chi connectivity index (χ3n) is 4.08. The molecule has 3 aromatic rings. The van der Waals surface area contributed by atoms with Gasteiger partial charge in [0.05, 0.1) is 17.6 Å². The van der Waals surface area contributed by atoms with Crippen molar-refractivity contribution in [3.8, 4) is 0 Å². The lowest BCUT2D eigenvalue weighted by molar-refractivity contribution is -0.137. The van der Waals surface area contributed by atoms with Crippen LogP contribution in [0.5, 0.6) is 0 Å². The third-order valence-corrected chi connectivity index (χ3v) is 4.32. The van der Waals surface area contributed by atoms with E-state index in [1.807, 2.05) is 73.7 Å². The van der Waals surface area contributed by atoms with Crippen molar-refractivity contribution < 1.29 is 9.90 Å². The second-order valence-electron chi connectivity index (χ2n) is 6.08. The standard InChI is InChI=1S/C21H18ClNO2/c1-14(11-21(24)25)17-4-2-3-15(12-17)5-9-19-10-7-16-6-8-18(22)13-20(16)23-19/h2-10,12-14H,11H2,1H3,(H,24,25). The molecule has 3 nitrogen and oxygen atoms in total. The molecule has 0 saturated carbocycles. The number of carboxylic acid groups (broad SMARTS) is 1. The van der Waals surface area contributed by atoms with Crippen molar-refractivity contribution in [3.63, 3.8) is 0 Å². The maximum atomic E-state index is 10.9. The molecule has 0 aliphatic rings. The number of aromatic nitrogens is 1. The number of pyridine rings is 1. The van der Waals surface area contributed by atoms with Crippen molar-refractivity contribution >= 4 is 40.6 Å². The maximum absolute atomic E-state index is 10.9. The molecule has 0 fully saturated rings. The van der Waals surface area contributed by atoms with Gasteiger partial charge in [-0.25, -0.2) is 4.98 Å². The smallest absolute Gasteiger partial charge is 0.303 e. The highest BCUT2D eigenvalue weighted by atomic mass is 35.5. The normalized spacial score (nSPS) is 12.6. The lowest BCUT2D eigenvalue weighted by atomic mass is 9.96. The molecule has 0 spiro atoms. The monoisotopic (exact) mass is 351 g/mol. The van der Waals surface area contributed by atoms with Crippen molar-refractivity contribution in [2.45, 2.75) is 19.3 Å². The molecule has 0 radical (unpaired) electrons. The zero-order valence-corrected chi connectivity index (χ0v) is 14.6. The first-order valence-corrected chi connectivity index (χ1v) is 8.45. The van der Waals surface area contributed by atoms with Gasteiger partial charge in [0, 0.05) is 10.4 Å². The van der Waals surface area contributed by atoms with Crippen LogP contribution in [0.4, 0.5) is 0 Å². The zero-order chi connectivity index (χ0) is 17.8. The van der Waals surface area contributed by atoms with Crippen LogP contribution in [0.15, 0.2) is 54.6 Å². The molecule has 0 aliphatic carbocycles. The van der Waals surface area contributed by atoms with Gasteiger partial charge in [-0.15, -0.1) is 0 Å². The number of hydrogen-bond acceptors (Lipinski definition) is 2. The summed E-state index contributed by atoms with van der Waals surface area (Å²) in [5.41, 5.74) is 3.74. The highest BCUT2D eigenvalue weighted by Crippen LogP contribution is 2.22. The second kappa shape index (κ2) is 7.49. The van der Waals surface area contributed by atoms with Gasteiger partial charge in [-0.2, -0.15) is 0 Å². The first kappa shape index (κ1) is 17.2. The fraction of sp³-hybridized carbons (Fsp3) is 0.143. The fourth-order valence-corrected chi connectivity index (χ4v) is 2.90.